The van der Waals surface area contributed by atoms with Crippen LogP contribution >= 0.6 is 0 Å². The number of nitrogens with one attached hydrogen (secondary N) is 1. The number of halogens is 1. The lowest BCUT2D eigenvalue weighted by molar-refractivity contribution is 0.0689. The van der Waals surface area contributed by atoms with Gasteiger partial charge in [0, 0.05) is 25.7 Å². The van der Waals surface area contributed by atoms with Crippen LogP contribution in [-0.2, 0) is 0 Å². The summed E-state index contributed by atoms with van der Waals surface area (Å²) in [6.07, 6.45) is 2.63. The summed E-state index contributed by atoms with van der Waals surface area (Å²) in [4.78, 5) is 14.0. The lowest BCUT2D eigenvalue weighted by atomic mass is 10.0. The molecular formula is C15H21FN2O2. The van der Waals surface area contributed by atoms with E-state index in [1.807, 2.05) is 0 Å². The molecule has 0 aromatic heterocycles. The molecule has 2 rings (SSSR count). The summed E-state index contributed by atoms with van der Waals surface area (Å²) < 4.78 is 13.6. The van der Waals surface area contributed by atoms with E-state index in [4.69, 9.17) is 5.11 Å². The minimum absolute atomic E-state index is 0.142. The first-order valence-corrected chi connectivity index (χ1v) is 7.10. The molecule has 1 aliphatic heterocycles. The van der Waals surface area contributed by atoms with E-state index in [0.29, 0.717) is 19.5 Å². The van der Waals surface area contributed by atoms with Crippen molar-refractivity contribution >= 4 is 5.91 Å². The maximum Gasteiger partial charge on any atom is 0.256 e. The van der Waals surface area contributed by atoms with E-state index in [1.54, 1.807) is 17.0 Å². The molecule has 110 valence electrons. The van der Waals surface area contributed by atoms with E-state index < -0.39 is 5.82 Å². The van der Waals surface area contributed by atoms with Gasteiger partial charge in [-0.15, -0.1) is 0 Å². The Balaban J connectivity index is 1.95. The molecule has 2 N–H and O–H groups in total. The van der Waals surface area contributed by atoms with Crippen molar-refractivity contribution in [1.82, 2.24) is 10.2 Å². The number of piperidine rings is 1. The van der Waals surface area contributed by atoms with Gasteiger partial charge in [0.1, 0.15) is 5.82 Å². The van der Waals surface area contributed by atoms with Crippen molar-refractivity contribution in [1.29, 1.82) is 0 Å². The van der Waals surface area contributed by atoms with Gasteiger partial charge in [-0.05, 0) is 37.9 Å². The third kappa shape index (κ3) is 3.77. The molecule has 1 amide bonds. The van der Waals surface area contributed by atoms with Crippen molar-refractivity contribution < 1.29 is 14.3 Å². The van der Waals surface area contributed by atoms with Crippen molar-refractivity contribution in [2.75, 3.05) is 26.2 Å². The number of carbonyl (C=O) groups excluding carboxylic acids is 1. The zero-order valence-electron chi connectivity index (χ0n) is 11.5. The van der Waals surface area contributed by atoms with Crippen LogP contribution in [0, 0.1) is 5.82 Å². The van der Waals surface area contributed by atoms with Crippen molar-refractivity contribution in [3.8, 4) is 0 Å². The number of nitrogens with zero attached hydrogens (tertiary/aromatic N) is 1. The molecule has 1 aromatic carbocycles. The average Bonchev–Trinajstić information content (AvgIpc) is 2.48. The van der Waals surface area contributed by atoms with Crippen molar-refractivity contribution in [3.05, 3.63) is 35.6 Å². The molecule has 1 atom stereocenters. The fourth-order valence-corrected chi connectivity index (χ4v) is 2.52. The predicted octanol–water partition coefficient (Wildman–Crippen LogP) is 1.40. The monoisotopic (exact) mass is 280 g/mol. The van der Waals surface area contributed by atoms with Crippen LogP contribution in [0.3, 0.4) is 0 Å². The standard InChI is InChI=1S/C15H21FN2O2/c16-14-7-2-1-6-13(14)15(20)18-9-3-5-12(11-18)17-8-4-10-19/h1-2,6-7,12,17,19H,3-5,8-11H2. The summed E-state index contributed by atoms with van der Waals surface area (Å²) in [5.74, 6) is -0.704. The summed E-state index contributed by atoms with van der Waals surface area (Å²) in [6.45, 7) is 2.17. The molecular weight excluding hydrogens is 259 g/mol. The Morgan fingerprint density at radius 1 is 1.45 bits per heavy atom. The molecule has 1 fully saturated rings. The van der Waals surface area contributed by atoms with E-state index >= 15 is 0 Å². The molecule has 0 spiro atoms. The van der Waals surface area contributed by atoms with Crippen LogP contribution in [0.25, 0.3) is 0 Å². The van der Waals surface area contributed by atoms with Crippen molar-refractivity contribution in [3.63, 3.8) is 0 Å². The summed E-state index contributed by atoms with van der Waals surface area (Å²) in [5, 5.41) is 12.1. The topological polar surface area (TPSA) is 52.6 Å². The fraction of sp³-hybridized carbons (Fsp3) is 0.533. The van der Waals surface area contributed by atoms with E-state index in [2.05, 4.69) is 5.32 Å². The second-order valence-corrected chi connectivity index (χ2v) is 5.10. The second-order valence-electron chi connectivity index (χ2n) is 5.10. The zero-order valence-corrected chi connectivity index (χ0v) is 11.5. The number of carbonyl (C=O) groups is 1. The Morgan fingerprint density at radius 3 is 3.00 bits per heavy atom. The number of likely N-dealkylation sites (tertiary alicyclic amines) is 1. The molecule has 1 aromatic rings. The maximum absolute atomic E-state index is 13.6. The first-order chi connectivity index (χ1) is 9.72. The number of benzene rings is 1. The number of hydrogen-bond donors (Lipinski definition) is 2. The number of aliphatic hydroxyl groups excluding tert-OH is 1. The molecule has 1 saturated heterocycles. The molecule has 0 saturated carbocycles. The molecule has 1 heterocycles. The first kappa shape index (κ1) is 14.9. The Morgan fingerprint density at radius 2 is 2.25 bits per heavy atom. The maximum atomic E-state index is 13.6. The van der Waals surface area contributed by atoms with Crippen molar-refractivity contribution in [2.24, 2.45) is 0 Å². The number of rotatable bonds is 5. The van der Waals surface area contributed by atoms with Gasteiger partial charge in [-0.3, -0.25) is 4.79 Å². The van der Waals surface area contributed by atoms with E-state index in [0.717, 1.165) is 19.4 Å². The second kappa shape index (κ2) is 7.36. The molecule has 0 aliphatic carbocycles. The highest BCUT2D eigenvalue weighted by Crippen LogP contribution is 2.15. The van der Waals surface area contributed by atoms with Crippen LogP contribution in [0.15, 0.2) is 24.3 Å². The SMILES string of the molecule is O=C(c1ccccc1F)N1CCCC(NCCCO)C1. The zero-order chi connectivity index (χ0) is 14.4. The highest BCUT2D eigenvalue weighted by Gasteiger charge is 2.25. The minimum atomic E-state index is -0.465. The van der Waals surface area contributed by atoms with Gasteiger partial charge in [-0.25, -0.2) is 4.39 Å². The van der Waals surface area contributed by atoms with Crippen LogP contribution < -0.4 is 5.32 Å². The largest absolute Gasteiger partial charge is 0.396 e. The van der Waals surface area contributed by atoms with Crippen LogP contribution in [0.5, 0.6) is 0 Å². The Kier molecular flexibility index (Phi) is 5.49. The number of hydrogen-bond acceptors (Lipinski definition) is 3. The van der Waals surface area contributed by atoms with E-state index in [9.17, 15) is 9.18 Å². The Bertz CT molecular complexity index is 453. The average molecular weight is 280 g/mol. The van der Waals surface area contributed by atoms with Gasteiger partial charge >= 0.3 is 0 Å². The van der Waals surface area contributed by atoms with Gasteiger partial charge in [-0.2, -0.15) is 0 Å². The van der Waals surface area contributed by atoms with Gasteiger partial charge in [0.15, 0.2) is 0 Å². The molecule has 5 heteroatoms. The molecule has 20 heavy (non-hydrogen) atoms. The number of aliphatic hydroxyl groups is 1. The van der Waals surface area contributed by atoms with Crippen LogP contribution in [-0.4, -0.2) is 48.2 Å². The molecule has 1 aliphatic rings. The van der Waals surface area contributed by atoms with Gasteiger partial charge in [0.25, 0.3) is 5.91 Å². The minimum Gasteiger partial charge on any atom is -0.396 e. The molecule has 1 unspecified atom stereocenters. The lowest BCUT2D eigenvalue weighted by Gasteiger charge is -2.33. The highest BCUT2D eigenvalue weighted by atomic mass is 19.1. The normalized spacial score (nSPS) is 19.1. The van der Waals surface area contributed by atoms with E-state index in [1.165, 1.54) is 12.1 Å². The summed E-state index contributed by atoms with van der Waals surface area (Å²) in [7, 11) is 0. The quantitative estimate of drug-likeness (QED) is 0.802. The molecule has 0 radical (unpaired) electrons. The van der Waals surface area contributed by atoms with Crippen LogP contribution in [0.2, 0.25) is 0 Å². The van der Waals surface area contributed by atoms with Gasteiger partial charge < -0.3 is 15.3 Å². The summed E-state index contributed by atoms with van der Waals surface area (Å²) >= 11 is 0. The summed E-state index contributed by atoms with van der Waals surface area (Å²) in [6, 6.07) is 6.33. The lowest BCUT2D eigenvalue weighted by Crippen LogP contribution is -2.48. The van der Waals surface area contributed by atoms with Gasteiger partial charge in [-0.1, -0.05) is 12.1 Å². The van der Waals surface area contributed by atoms with Crippen LogP contribution in [0.4, 0.5) is 4.39 Å². The highest BCUT2D eigenvalue weighted by molar-refractivity contribution is 5.94. The molecule has 4 nitrogen and oxygen atoms in total. The van der Waals surface area contributed by atoms with Gasteiger partial charge in [0.05, 0.1) is 5.56 Å². The molecule has 0 bridgehead atoms. The van der Waals surface area contributed by atoms with E-state index in [-0.39, 0.29) is 24.1 Å². The smallest absolute Gasteiger partial charge is 0.256 e. The fourth-order valence-electron chi connectivity index (χ4n) is 2.52. The van der Waals surface area contributed by atoms with Gasteiger partial charge in [0.2, 0.25) is 0 Å². The van der Waals surface area contributed by atoms with Crippen LogP contribution in [0.1, 0.15) is 29.6 Å². The Labute approximate surface area is 118 Å². The van der Waals surface area contributed by atoms with Crippen molar-refractivity contribution in [2.45, 2.75) is 25.3 Å². The number of amides is 1. The third-order valence-corrected chi connectivity index (χ3v) is 3.58. The third-order valence-electron chi connectivity index (χ3n) is 3.58. The first-order valence-electron chi connectivity index (χ1n) is 7.10. The predicted molar refractivity (Wildman–Crippen MR) is 75.0 cm³/mol. The summed E-state index contributed by atoms with van der Waals surface area (Å²) in [5.41, 5.74) is 0.142. The Hall–Kier alpha value is -1.46.